The van der Waals surface area contributed by atoms with E-state index >= 15 is 0 Å². The van der Waals surface area contributed by atoms with E-state index in [1.165, 1.54) is 12.8 Å². The molecule has 2 rings (SSSR count). The SMILES string of the molecule is COCCn1ccnc1NC1CC1. The Morgan fingerprint density at radius 1 is 1.69 bits per heavy atom. The van der Waals surface area contributed by atoms with Crippen molar-refractivity contribution in [3.63, 3.8) is 0 Å². The van der Waals surface area contributed by atoms with Crippen molar-refractivity contribution in [1.82, 2.24) is 9.55 Å². The zero-order chi connectivity index (χ0) is 9.10. The molecule has 1 N–H and O–H groups in total. The minimum atomic E-state index is 0.656. The number of methoxy groups -OCH3 is 1. The predicted octanol–water partition coefficient (Wildman–Crippen LogP) is 1.10. The van der Waals surface area contributed by atoms with Gasteiger partial charge in [-0.05, 0) is 12.8 Å². The second-order valence-corrected chi connectivity index (χ2v) is 3.36. The topological polar surface area (TPSA) is 39.1 Å². The number of ether oxygens (including phenoxy) is 1. The largest absolute Gasteiger partial charge is 0.383 e. The smallest absolute Gasteiger partial charge is 0.203 e. The van der Waals surface area contributed by atoms with Gasteiger partial charge in [-0.15, -0.1) is 0 Å². The Kier molecular flexibility index (Phi) is 2.49. The molecule has 1 fully saturated rings. The maximum atomic E-state index is 5.01. The zero-order valence-electron chi connectivity index (χ0n) is 7.86. The van der Waals surface area contributed by atoms with E-state index in [9.17, 15) is 0 Å². The van der Waals surface area contributed by atoms with Gasteiger partial charge in [0, 0.05) is 32.1 Å². The molecule has 13 heavy (non-hydrogen) atoms. The highest BCUT2D eigenvalue weighted by molar-refractivity contribution is 5.29. The molecule has 1 aliphatic carbocycles. The Morgan fingerprint density at radius 3 is 3.23 bits per heavy atom. The first-order valence-electron chi connectivity index (χ1n) is 4.67. The van der Waals surface area contributed by atoms with Crippen LogP contribution in [0.3, 0.4) is 0 Å². The van der Waals surface area contributed by atoms with Crippen molar-refractivity contribution >= 4 is 5.95 Å². The summed E-state index contributed by atoms with van der Waals surface area (Å²) in [5.74, 6) is 0.972. The van der Waals surface area contributed by atoms with Crippen molar-refractivity contribution in [3.8, 4) is 0 Å². The average Bonchev–Trinajstić information content (AvgIpc) is 2.82. The third kappa shape index (κ3) is 2.21. The molecule has 0 saturated heterocycles. The Morgan fingerprint density at radius 2 is 2.54 bits per heavy atom. The molecule has 0 aliphatic heterocycles. The Hall–Kier alpha value is -1.03. The van der Waals surface area contributed by atoms with Crippen molar-refractivity contribution in [2.24, 2.45) is 0 Å². The highest BCUT2D eigenvalue weighted by Crippen LogP contribution is 2.23. The van der Waals surface area contributed by atoms with Gasteiger partial charge in [-0.25, -0.2) is 4.98 Å². The highest BCUT2D eigenvalue weighted by atomic mass is 16.5. The van der Waals surface area contributed by atoms with Gasteiger partial charge in [0.05, 0.1) is 6.61 Å². The average molecular weight is 181 g/mol. The molecule has 4 nitrogen and oxygen atoms in total. The molecule has 4 heteroatoms. The van der Waals surface area contributed by atoms with E-state index in [-0.39, 0.29) is 0 Å². The van der Waals surface area contributed by atoms with Crippen molar-refractivity contribution in [2.75, 3.05) is 19.0 Å². The van der Waals surface area contributed by atoms with E-state index < -0.39 is 0 Å². The molecule has 0 amide bonds. The summed E-state index contributed by atoms with van der Waals surface area (Å²) >= 11 is 0. The standard InChI is InChI=1S/C9H15N3O/c1-13-7-6-12-5-4-10-9(12)11-8-2-3-8/h4-5,8H,2-3,6-7H2,1H3,(H,10,11). The lowest BCUT2D eigenvalue weighted by atomic mass is 10.6. The summed E-state index contributed by atoms with van der Waals surface area (Å²) in [6.45, 7) is 1.60. The number of nitrogens with zero attached hydrogens (tertiary/aromatic N) is 2. The molecule has 1 aliphatic rings. The number of hydrogen-bond acceptors (Lipinski definition) is 3. The summed E-state index contributed by atoms with van der Waals surface area (Å²) in [5, 5.41) is 3.37. The van der Waals surface area contributed by atoms with Crippen LogP contribution in [-0.4, -0.2) is 29.3 Å². The first-order chi connectivity index (χ1) is 6.40. The van der Waals surface area contributed by atoms with Crippen LogP contribution >= 0.6 is 0 Å². The summed E-state index contributed by atoms with van der Waals surface area (Å²) in [6, 6.07) is 0.656. The summed E-state index contributed by atoms with van der Waals surface area (Å²) in [6.07, 6.45) is 6.35. The fourth-order valence-electron chi connectivity index (χ4n) is 1.23. The van der Waals surface area contributed by atoms with Gasteiger partial charge in [-0.2, -0.15) is 0 Å². The maximum absolute atomic E-state index is 5.01. The van der Waals surface area contributed by atoms with Gasteiger partial charge in [-0.1, -0.05) is 0 Å². The molecule has 0 unspecified atom stereocenters. The minimum Gasteiger partial charge on any atom is -0.383 e. The van der Waals surface area contributed by atoms with Crippen LogP contribution in [0, 0.1) is 0 Å². The normalized spacial score (nSPS) is 16.1. The second kappa shape index (κ2) is 3.79. The van der Waals surface area contributed by atoms with Crippen LogP contribution in [0.15, 0.2) is 12.4 Å². The van der Waals surface area contributed by atoms with E-state index in [4.69, 9.17) is 4.74 Å². The highest BCUT2D eigenvalue weighted by Gasteiger charge is 2.22. The minimum absolute atomic E-state index is 0.656. The van der Waals surface area contributed by atoms with Crippen LogP contribution in [0.25, 0.3) is 0 Å². The van der Waals surface area contributed by atoms with Crippen LogP contribution < -0.4 is 5.32 Å². The Bertz CT molecular complexity index is 268. The lowest BCUT2D eigenvalue weighted by Gasteiger charge is -2.07. The molecule has 1 heterocycles. The van der Waals surface area contributed by atoms with Crippen LogP contribution in [0.5, 0.6) is 0 Å². The second-order valence-electron chi connectivity index (χ2n) is 3.36. The van der Waals surface area contributed by atoms with Crippen molar-refractivity contribution in [1.29, 1.82) is 0 Å². The van der Waals surface area contributed by atoms with Crippen molar-refractivity contribution in [3.05, 3.63) is 12.4 Å². The summed E-state index contributed by atoms with van der Waals surface area (Å²) in [4.78, 5) is 4.25. The molecule has 1 saturated carbocycles. The van der Waals surface area contributed by atoms with Crippen LogP contribution in [0.2, 0.25) is 0 Å². The van der Waals surface area contributed by atoms with Gasteiger partial charge < -0.3 is 14.6 Å². The number of nitrogens with one attached hydrogen (secondary N) is 1. The van der Waals surface area contributed by atoms with Crippen LogP contribution in [-0.2, 0) is 11.3 Å². The van der Waals surface area contributed by atoms with E-state index in [1.807, 2.05) is 12.4 Å². The summed E-state index contributed by atoms with van der Waals surface area (Å²) in [5.41, 5.74) is 0. The molecule has 1 aromatic rings. The van der Waals surface area contributed by atoms with E-state index in [1.54, 1.807) is 7.11 Å². The molecule has 72 valence electrons. The third-order valence-corrected chi connectivity index (χ3v) is 2.16. The third-order valence-electron chi connectivity index (χ3n) is 2.16. The molecule has 0 atom stereocenters. The predicted molar refractivity (Wildman–Crippen MR) is 50.7 cm³/mol. The molecular weight excluding hydrogens is 166 g/mol. The Labute approximate surface area is 77.9 Å². The fraction of sp³-hybridized carbons (Fsp3) is 0.667. The van der Waals surface area contributed by atoms with Crippen LogP contribution in [0.4, 0.5) is 5.95 Å². The number of rotatable bonds is 5. The summed E-state index contributed by atoms with van der Waals surface area (Å²) in [7, 11) is 1.71. The quantitative estimate of drug-likeness (QED) is 0.739. The van der Waals surface area contributed by atoms with Crippen molar-refractivity contribution in [2.45, 2.75) is 25.4 Å². The molecule has 0 radical (unpaired) electrons. The van der Waals surface area contributed by atoms with Gasteiger partial charge in [0.2, 0.25) is 5.95 Å². The Balaban J connectivity index is 1.93. The van der Waals surface area contributed by atoms with Crippen LogP contribution in [0.1, 0.15) is 12.8 Å². The van der Waals surface area contributed by atoms with Gasteiger partial charge in [-0.3, -0.25) is 0 Å². The molecule has 0 bridgehead atoms. The van der Waals surface area contributed by atoms with E-state index in [0.717, 1.165) is 19.1 Å². The maximum Gasteiger partial charge on any atom is 0.203 e. The molecule has 1 aromatic heterocycles. The molecule has 0 aromatic carbocycles. The first kappa shape index (κ1) is 8.56. The van der Waals surface area contributed by atoms with Gasteiger partial charge in [0.1, 0.15) is 0 Å². The summed E-state index contributed by atoms with van der Waals surface area (Å²) < 4.78 is 7.10. The van der Waals surface area contributed by atoms with E-state index in [0.29, 0.717) is 6.04 Å². The van der Waals surface area contributed by atoms with E-state index in [2.05, 4.69) is 14.9 Å². The molecule has 0 spiro atoms. The number of aromatic nitrogens is 2. The van der Waals surface area contributed by atoms with Gasteiger partial charge in [0.25, 0.3) is 0 Å². The number of anilines is 1. The monoisotopic (exact) mass is 181 g/mol. The number of imidazole rings is 1. The van der Waals surface area contributed by atoms with Crippen molar-refractivity contribution < 1.29 is 4.74 Å². The van der Waals surface area contributed by atoms with Gasteiger partial charge in [0.15, 0.2) is 0 Å². The fourth-order valence-corrected chi connectivity index (χ4v) is 1.23. The first-order valence-corrected chi connectivity index (χ1v) is 4.67. The number of hydrogen-bond donors (Lipinski definition) is 1. The van der Waals surface area contributed by atoms with Gasteiger partial charge >= 0.3 is 0 Å². The molecular formula is C9H15N3O. The lowest BCUT2D eigenvalue weighted by molar-refractivity contribution is 0.187. The lowest BCUT2D eigenvalue weighted by Crippen LogP contribution is -2.11. The zero-order valence-corrected chi connectivity index (χ0v) is 7.86.